The number of benzene rings is 1. The number of aromatic nitrogens is 2. The minimum Gasteiger partial charge on any atom is -0.475 e. The third-order valence-electron chi connectivity index (χ3n) is 4.07. The lowest BCUT2D eigenvalue weighted by atomic mass is 10.0. The Hall–Kier alpha value is -2.55. The zero-order valence-corrected chi connectivity index (χ0v) is 14.1. The van der Waals surface area contributed by atoms with Crippen LogP contribution >= 0.6 is 0 Å². The SMILES string of the molecule is Cc1[nH]c(=O)n(C2CCNCC2)c1-c1ccccc1.O=C(O)C(F)(F)F. The zero-order chi connectivity index (χ0) is 19.3. The molecule has 0 atom stereocenters. The van der Waals surface area contributed by atoms with Crippen molar-refractivity contribution >= 4 is 5.97 Å². The van der Waals surface area contributed by atoms with Crippen LogP contribution in [0.5, 0.6) is 0 Å². The average molecular weight is 371 g/mol. The van der Waals surface area contributed by atoms with E-state index < -0.39 is 12.1 Å². The van der Waals surface area contributed by atoms with Gasteiger partial charge in [-0.3, -0.25) is 4.57 Å². The summed E-state index contributed by atoms with van der Waals surface area (Å²) < 4.78 is 33.7. The van der Waals surface area contributed by atoms with E-state index in [0.717, 1.165) is 42.9 Å². The van der Waals surface area contributed by atoms with Gasteiger partial charge in [0.2, 0.25) is 0 Å². The van der Waals surface area contributed by atoms with Gasteiger partial charge in [-0.2, -0.15) is 13.2 Å². The van der Waals surface area contributed by atoms with Crippen LogP contribution in [0.15, 0.2) is 35.1 Å². The Kier molecular flexibility index (Phi) is 6.25. The van der Waals surface area contributed by atoms with Gasteiger partial charge >= 0.3 is 17.8 Å². The second-order valence-corrected chi connectivity index (χ2v) is 5.92. The van der Waals surface area contributed by atoms with E-state index in [2.05, 4.69) is 22.4 Å². The number of nitrogens with one attached hydrogen (secondary N) is 2. The maximum atomic E-state index is 12.2. The van der Waals surface area contributed by atoms with Crippen LogP contribution in [-0.2, 0) is 4.79 Å². The maximum Gasteiger partial charge on any atom is 0.490 e. The minimum atomic E-state index is -5.08. The number of piperidine rings is 1. The van der Waals surface area contributed by atoms with Crippen LogP contribution in [0.1, 0.15) is 24.6 Å². The van der Waals surface area contributed by atoms with Crippen molar-refractivity contribution in [1.82, 2.24) is 14.9 Å². The Labute approximate surface area is 147 Å². The highest BCUT2D eigenvalue weighted by molar-refractivity contribution is 5.73. The summed E-state index contributed by atoms with van der Waals surface area (Å²) in [6.45, 7) is 3.94. The highest BCUT2D eigenvalue weighted by Gasteiger charge is 2.38. The van der Waals surface area contributed by atoms with E-state index in [1.54, 1.807) is 0 Å². The molecule has 1 saturated heterocycles. The molecule has 0 aliphatic carbocycles. The quantitative estimate of drug-likeness (QED) is 0.758. The molecule has 9 heteroatoms. The van der Waals surface area contributed by atoms with Crippen LogP contribution in [0.3, 0.4) is 0 Å². The Bertz CT molecular complexity index is 791. The molecule has 3 rings (SSSR count). The van der Waals surface area contributed by atoms with Crippen molar-refractivity contribution in [1.29, 1.82) is 0 Å². The molecular formula is C17H20F3N3O3. The molecule has 3 N–H and O–H groups in total. The van der Waals surface area contributed by atoms with Crippen molar-refractivity contribution in [3.8, 4) is 11.3 Å². The predicted molar refractivity (Wildman–Crippen MR) is 90.1 cm³/mol. The second-order valence-electron chi connectivity index (χ2n) is 5.92. The summed E-state index contributed by atoms with van der Waals surface area (Å²) in [7, 11) is 0. The van der Waals surface area contributed by atoms with Gasteiger partial charge in [-0.1, -0.05) is 30.3 Å². The molecule has 1 aromatic heterocycles. The molecule has 1 aromatic carbocycles. The van der Waals surface area contributed by atoms with Crippen LogP contribution in [0.2, 0.25) is 0 Å². The Morgan fingerprint density at radius 1 is 1.19 bits per heavy atom. The number of rotatable bonds is 2. The highest BCUT2D eigenvalue weighted by atomic mass is 19.4. The molecule has 1 aliphatic rings. The van der Waals surface area contributed by atoms with Gasteiger partial charge in [-0.25, -0.2) is 9.59 Å². The van der Waals surface area contributed by atoms with Crippen LogP contribution in [0.4, 0.5) is 13.2 Å². The summed E-state index contributed by atoms with van der Waals surface area (Å²) >= 11 is 0. The normalized spacial score (nSPS) is 15.2. The van der Waals surface area contributed by atoms with Crippen molar-refractivity contribution in [2.75, 3.05) is 13.1 Å². The minimum absolute atomic E-state index is 0.0169. The van der Waals surface area contributed by atoms with Crippen LogP contribution in [0, 0.1) is 6.92 Å². The largest absolute Gasteiger partial charge is 0.490 e. The third kappa shape index (κ3) is 4.75. The van der Waals surface area contributed by atoms with E-state index in [4.69, 9.17) is 9.90 Å². The van der Waals surface area contributed by atoms with Crippen LogP contribution < -0.4 is 11.0 Å². The van der Waals surface area contributed by atoms with Crippen LogP contribution in [0.25, 0.3) is 11.3 Å². The van der Waals surface area contributed by atoms with Crippen molar-refractivity contribution in [3.63, 3.8) is 0 Å². The molecular weight excluding hydrogens is 351 g/mol. The number of hydrogen-bond acceptors (Lipinski definition) is 3. The van der Waals surface area contributed by atoms with Gasteiger partial charge in [0.15, 0.2) is 0 Å². The summed E-state index contributed by atoms with van der Waals surface area (Å²) in [5, 5.41) is 10.5. The van der Waals surface area contributed by atoms with E-state index in [9.17, 15) is 18.0 Å². The molecule has 2 heterocycles. The zero-order valence-electron chi connectivity index (χ0n) is 14.1. The van der Waals surface area contributed by atoms with Gasteiger partial charge in [-0.05, 0) is 32.9 Å². The first-order chi connectivity index (χ1) is 12.2. The fourth-order valence-corrected chi connectivity index (χ4v) is 2.93. The van der Waals surface area contributed by atoms with Gasteiger partial charge in [-0.15, -0.1) is 0 Å². The Morgan fingerprint density at radius 3 is 2.23 bits per heavy atom. The molecule has 2 aromatic rings. The number of carboxylic acids is 1. The maximum absolute atomic E-state index is 12.2. The first kappa shape index (κ1) is 19.8. The summed E-state index contributed by atoms with van der Waals surface area (Å²) in [5.74, 6) is -2.76. The average Bonchev–Trinajstić information content (AvgIpc) is 2.90. The second kappa shape index (κ2) is 8.22. The summed E-state index contributed by atoms with van der Waals surface area (Å²) in [4.78, 5) is 24.1. The molecule has 1 aliphatic heterocycles. The number of H-pyrrole nitrogens is 1. The number of aliphatic carboxylic acids is 1. The Balaban J connectivity index is 0.000000298. The molecule has 0 amide bonds. The molecule has 0 bridgehead atoms. The topological polar surface area (TPSA) is 87.1 Å². The fraction of sp³-hybridized carbons (Fsp3) is 0.412. The first-order valence-corrected chi connectivity index (χ1v) is 8.09. The first-order valence-electron chi connectivity index (χ1n) is 8.09. The molecule has 142 valence electrons. The van der Waals surface area contributed by atoms with Crippen molar-refractivity contribution in [3.05, 3.63) is 46.5 Å². The van der Waals surface area contributed by atoms with Crippen molar-refractivity contribution in [2.24, 2.45) is 0 Å². The van der Waals surface area contributed by atoms with Crippen molar-refractivity contribution < 1.29 is 23.1 Å². The van der Waals surface area contributed by atoms with E-state index in [1.165, 1.54) is 0 Å². The smallest absolute Gasteiger partial charge is 0.475 e. The summed E-state index contributed by atoms with van der Waals surface area (Å²) in [6, 6.07) is 10.4. The van der Waals surface area contributed by atoms with E-state index in [1.807, 2.05) is 29.7 Å². The number of aryl methyl sites for hydroxylation is 1. The van der Waals surface area contributed by atoms with Gasteiger partial charge < -0.3 is 15.4 Å². The van der Waals surface area contributed by atoms with Gasteiger partial charge in [0.05, 0.1) is 5.69 Å². The number of carboxylic acid groups (broad SMARTS) is 1. The predicted octanol–water partition coefficient (Wildman–Crippen LogP) is 2.71. The number of imidazole rings is 1. The summed E-state index contributed by atoms with van der Waals surface area (Å²) in [6.07, 6.45) is -3.06. The standard InChI is InChI=1S/C15H19N3O.C2HF3O2/c1-11-14(12-5-3-2-4-6-12)18(15(19)17-11)13-7-9-16-10-8-13;3-2(4,5)1(6)7/h2-6,13,16H,7-10H2,1H3,(H,17,19);(H,6,7). The number of alkyl halides is 3. The van der Waals surface area contributed by atoms with Gasteiger partial charge in [0.1, 0.15) is 0 Å². The molecule has 0 unspecified atom stereocenters. The number of nitrogens with zero attached hydrogens (tertiary/aromatic N) is 1. The third-order valence-corrected chi connectivity index (χ3v) is 4.07. The van der Waals surface area contributed by atoms with Crippen molar-refractivity contribution in [2.45, 2.75) is 32.0 Å². The molecule has 6 nitrogen and oxygen atoms in total. The molecule has 0 spiro atoms. The lowest BCUT2D eigenvalue weighted by Gasteiger charge is -2.25. The molecule has 26 heavy (non-hydrogen) atoms. The molecule has 0 radical (unpaired) electrons. The van der Waals surface area contributed by atoms with E-state index >= 15 is 0 Å². The Morgan fingerprint density at radius 2 is 1.73 bits per heavy atom. The number of hydrogen-bond donors (Lipinski definition) is 3. The monoisotopic (exact) mass is 371 g/mol. The fourth-order valence-electron chi connectivity index (χ4n) is 2.93. The lowest BCUT2D eigenvalue weighted by molar-refractivity contribution is -0.192. The van der Waals surface area contributed by atoms with Gasteiger partial charge in [0.25, 0.3) is 0 Å². The number of halogens is 3. The van der Waals surface area contributed by atoms with Gasteiger partial charge in [0, 0.05) is 17.3 Å². The molecule has 0 saturated carbocycles. The molecule has 1 fully saturated rings. The van der Waals surface area contributed by atoms with E-state index in [-0.39, 0.29) is 5.69 Å². The van der Waals surface area contributed by atoms with E-state index in [0.29, 0.717) is 6.04 Å². The summed E-state index contributed by atoms with van der Waals surface area (Å²) in [5.41, 5.74) is 3.12. The van der Waals surface area contributed by atoms with Crippen LogP contribution in [-0.4, -0.2) is 39.9 Å². The lowest BCUT2D eigenvalue weighted by Crippen LogP contribution is -2.33. The highest BCUT2D eigenvalue weighted by Crippen LogP contribution is 2.27. The number of carbonyl (C=O) groups is 1. The number of aromatic amines is 1.